The molecule has 0 saturated carbocycles. The van der Waals surface area contributed by atoms with Crippen LogP contribution in [0.25, 0.3) is 0 Å². The number of hydrogen-bond donors (Lipinski definition) is 2. The molecule has 4 heteroatoms. The quantitative estimate of drug-likeness (QED) is 0.697. The Balaban J connectivity index is 1.98. The molecular formula is C13H27N3O. The summed E-state index contributed by atoms with van der Waals surface area (Å²) in [6.07, 6.45) is 4.73. The Morgan fingerprint density at radius 2 is 2.12 bits per heavy atom. The fraction of sp³-hybridized carbons (Fsp3) is 0.923. The van der Waals surface area contributed by atoms with Gasteiger partial charge in [0, 0.05) is 19.6 Å². The van der Waals surface area contributed by atoms with Gasteiger partial charge in [-0.1, -0.05) is 13.8 Å². The van der Waals surface area contributed by atoms with Gasteiger partial charge >= 0.3 is 6.03 Å². The van der Waals surface area contributed by atoms with Crippen LogP contribution in [0.2, 0.25) is 0 Å². The highest BCUT2D eigenvalue weighted by Crippen LogP contribution is 2.15. The van der Waals surface area contributed by atoms with Crippen molar-refractivity contribution in [1.29, 1.82) is 0 Å². The first-order valence-corrected chi connectivity index (χ1v) is 6.96. The maximum absolute atomic E-state index is 11.3. The molecule has 1 atom stereocenters. The van der Waals surface area contributed by atoms with E-state index in [-0.39, 0.29) is 6.03 Å². The lowest BCUT2D eigenvalue weighted by Gasteiger charge is -2.30. The molecule has 0 aliphatic carbocycles. The van der Waals surface area contributed by atoms with Crippen molar-refractivity contribution in [3.05, 3.63) is 0 Å². The zero-order valence-electron chi connectivity index (χ0n) is 11.3. The standard InChI is InChI=1S/C13H27N3O/c1-3-7-14-13(17)15-8-5-10-16-9-4-6-12(2)11-16/h12H,3-11H2,1-2H3,(H2,14,15,17)/t12-/m0/s1. The summed E-state index contributed by atoms with van der Waals surface area (Å²) in [4.78, 5) is 13.8. The van der Waals surface area contributed by atoms with Crippen molar-refractivity contribution in [2.24, 2.45) is 5.92 Å². The molecule has 0 radical (unpaired) electrons. The molecule has 1 heterocycles. The average Bonchev–Trinajstić information content (AvgIpc) is 2.32. The van der Waals surface area contributed by atoms with Gasteiger partial charge in [-0.2, -0.15) is 0 Å². The number of carbonyl (C=O) groups excluding carboxylic acids is 1. The zero-order chi connectivity index (χ0) is 12.5. The minimum Gasteiger partial charge on any atom is -0.338 e. The molecule has 2 amide bonds. The molecule has 100 valence electrons. The van der Waals surface area contributed by atoms with Crippen LogP contribution in [0.5, 0.6) is 0 Å². The third-order valence-corrected chi connectivity index (χ3v) is 3.21. The van der Waals surface area contributed by atoms with E-state index in [1.54, 1.807) is 0 Å². The summed E-state index contributed by atoms with van der Waals surface area (Å²) in [5.74, 6) is 0.838. The number of rotatable bonds is 6. The fourth-order valence-electron chi connectivity index (χ4n) is 2.30. The highest BCUT2D eigenvalue weighted by atomic mass is 16.2. The van der Waals surface area contributed by atoms with E-state index in [2.05, 4.69) is 29.4 Å². The van der Waals surface area contributed by atoms with Crippen molar-refractivity contribution in [1.82, 2.24) is 15.5 Å². The van der Waals surface area contributed by atoms with Gasteiger partial charge in [0.1, 0.15) is 0 Å². The van der Waals surface area contributed by atoms with Crippen LogP contribution in [0.15, 0.2) is 0 Å². The molecule has 4 nitrogen and oxygen atoms in total. The summed E-state index contributed by atoms with van der Waals surface area (Å²) in [5.41, 5.74) is 0. The third kappa shape index (κ3) is 6.51. The van der Waals surface area contributed by atoms with E-state index in [0.29, 0.717) is 0 Å². The summed E-state index contributed by atoms with van der Waals surface area (Å²) < 4.78 is 0. The van der Waals surface area contributed by atoms with Gasteiger partial charge in [0.05, 0.1) is 0 Å². The molecule has 0 bridgehead atoms. The van der Waals surface area contributed by atoms with Crippen LogP contribution in [0.1, 0.15) is 39.5 Å². The van der Waals surface area contributed by atoms with E-state index in [0.717, 1.165) is 38.4 Å². The molecule has 0 unspecified atom stereocenters. The minimum absolute atomic E-state index is 0.0288. The van der Waals surface area contributed by atoms with Gasteiger partial charge in [-0.25, -0.2) is 4.79 Å². The highest BCUT2D eigenvalue weighted by Gasteiger charge is 2.15. The molecule has 1 aliphatic heterocycles. The second-order valence-electron chi connectivity index (χ2n) is 5.08. The summed E-state index contributed by atoms with van der Waals surface area (Å²) in [6.45, 7) is 9.48. The smallest absolute Gasteiger partial charge is 0.314 e. The predicted molar refractivity (Wildman–Crippen MR) is 71.1 cm³/mol. The molecular weight excluding hydrogens is 214 g/mol. The number of likely N-dealkylation sites (tertiary alicyclic amines) is 1. The van der Waals surface area contributed by atoms with E-state index < -0.39 is 0 Å². The SMILES string of the molecule is CCCNC(=O)NCCCN1CCC[C@H](C)C1. The Morgan fingerprint density at radius 3 is 2.82 bits per heavy atom. The fourth-order valence-corrected chi connectivity index (χ4v) is 2.30. The molecule has 1 aliphatic rings. The Kier molecular flexibility index (Phi) is 7.01. The number of urea groups is 1. The zero-order valence-corrected chi connectivity index (χ0v) is 11.3. The second-order valence-corrected chi connectivity index (χ2v) is 5.08. The van der Waals surface area contributed by atoms with Crippen molar-refractivity contribution < 1.29 is 4.79 Å². The lowest BCUT2D eigenvalue weighted by Crippen LogP contribution is -2.39. The number of amides is 2. The van der Waals surface area contributed by atoms with Gasteiger partial charge in [0.2, 0.25) is 0 Å². The largest absolute Gasteiger partial charge is 0.338 e. The number of carbonyl (C=O) groups is 1. The number of hydrogen-bond acceptors (Lipinski definition) is 2. The van der Waals surface area contributed by atoms with Crippen LogP contribution in [-0.2, 0) is 0 Å². The second kappa shape index (κ2) is 8.34. The summed E-state index contributed by atoms with van der Waals surface area (Å²) in [7, 11) is 0. The van der Waals surface area contributed by atoms with Gasteiger partial charge in [-0.15, -0.1) is 0 Å². The van der Waals surface area contributed by atoms with E-state index in [9.17, 15) is 4.79 Å². The molecule has 0 aromatic heterocycles. The van der Waals surface area contributed by atoms with Crippen LogP contribution in [-0.4, -0.2) is 43.7 Å². The molecule has 0 aromatic rings. The monoisotopic (exact) mass is 241 g/mol. The van der Waals surface area contributed by atoms with Gasteiger partial charge in [0.25, 0.3) is 0 Å². The van der Waals surface area contributed by atoms with Crippen molar-refractivity contribution >= 4 is 6.03 Å². The maximum Gasteiger partial charge on any atom is 0.314 e. The molecule has 1 rings (SSSR count). The molecule has 17 heavy (non-hydrogen) atoms. The van der Waals surface area contributed by atoms with Crippen molar-refractivity contribution in [3.63, 3.8) is 0 Å². The van der Waals surface area contributed by atoms with Crippen molar-refractivity contribution in [3.8, 4) is 0 Å². The Bertz CT molecular complexity index is 221. The molecule has 1 saturated heterocycles. The van der Waals surface area contributed by atoms with Gasteiger partial charge in [-0.05, 0) is 44.7 Å². The van der Waals surface area contributed by atoms with Crippen LogP contribution < -0.4 is 10.6 Å². The topological polar surface area (TPSA) is 44.4 Å². The highest BCUT2D eigenvalue weighted by molar-refractivity contribution is 5.73. The molecule has 2 N–H and O–H groups in total. The van der Waals surface area contributed by atoms with E-state index in [1.165, 1.54) is 25.9 Å². The number of nitrogens with one attached hydrogen (secondary N) is 2. The van der Waals surface area contributed by atoms with Gasteiger partial charge in [0.15, 0.2) is 0 Å². The van der Waals surface area contributed by atoms with Gasteiger partial charge < -0.3 is 15.5 Å². The van der Waals surface area contributed by atoms with E-state index >= 15 is 0 Å². The first-order chi connectivity index (χ1) is 8.22. The Morgan fingerprint density at radius 1 is 1.35 bits per heavy atom. The van der Waals surface area contributed by atoms with Crippen LogP contribution >= 0.6 is 0 Å². The predicted octanol–water partition coefficient (Wildman–Crippen LogP) is 1.82. The summed E-state index contributed by atoms with van der Waals surface area (Å²) >= 11 is 0. The summed E-state index contributed by atoms with van der Waals surface area (Å²) in [6, 6.07) is -0.0288. The van der Waals surface area contributed by atoms with Crippen LogP contribution in [0.3, 0.4) is 0 Å². The minimum atomic E-state index is -0.0288. The molecule has 1 fully saturated rings. The van der Waals surface area contributed by atoms with E-state index in [1.807, 2.05) is 0 Å². The lowest BCUT2D eigenvalue weighted by atomic mass is 10.0. The van der Waals surface area contributed by atoms with Crippen molar-refractivity contribution in [2.75, 3.05) is 32.7 Å². The van der Waals surface area contributed by atoms with Crippen LogP contribution in [0.4, 0.5) is 4.79 Å². The maximum atomic E-state index is 11.3. The molecule has 0 aromatic carbocycles. The van der Waals surface area contributed by atoms with Crippen molar-refractivity contribution in [2.45, 2.75) is 39.5 Å². The summed E-state index contributed by atoms with van der Waals surface area (Å²) in [5, 5.41) is 5.71. The first-order valence-electron chi connectivity index (χ1n) is 6.96. The van der Waals surface area contributed by atoms with Gasteiger partial charge in [-0.3, -0.25) is 0 Å². The lowest BCUT2D eigenvalue weighted by molar-refractivity contribution is 0.181. The number of piperidine rings is 1. The van der Waals surface area contributed by atoms with E-state index in [4.69, 9.17) is 0 Å². The Labute approximate surface area is 105 Å². The first kappa shape index (κ1) is 14.3. The van der Waals surface area contributed by atoms with Crippen LogP contribution in [0, 0.1) is 5.92 Å². The number of nitrogens with zero attached hydrogens (tertiary/aromatic N) is 1. The Hall–Kier alpha value is -0.770. The average molecular weight is 241 g/mol. The normalized spacial score (nSPS) is 21.2. The third-order valence-electron chi connectivity index (χ3n) is 3.21. The molecule has 0 spiro atoms.